The number of carbonyl (C=O) groups is 2. The van der Waals surface area contributed by atoms with E-state index in [2.05, 4.69) is 5.32 Å². The Balaban J connectivity index is 2.55. The monoisotopic (exact) mass is 313 g/mol. The largest absolute Gasteiger partial charge is 0.369 e. The maximum atomic E-state index is 12.6. The minimum Gasteiger partial charge on any atom is -0.369 e. The molecular weight excluding hydrogens is 290 g/mol. The highest BCUT2D eigenvalue weighted by Crippen LogP contribution is 2.44. The normalized spacial score (nSPS) is 23.5. The van der Waals surface area contributed by atoms with Crippen molar-refractivity contribution < 1.29 is 9.59 Å². The number of allylic oxidation sites excluding steroid dienone is 2. The van der Waals surface area contributed by atoms with Gasteiger partial charge in [0.2, 0.25) is 11.8 Å². The van der Waals surface area contributed by atoms with Gasteiger partial charge >= 0.3 is 0 Å². The van der Waals surface area contributed by atoms with Crippen LogP contribution in [0.5, 0.6) is 0 Å². The first-order valence-corrected chi connectivity index (χ1v) is 7.68. The van der Waals surface area contributed by atoms with Crippen LogP contribution in [0.1, 0.15) is 19.4 Å². The molecule has 0 saturated carbocycles. The second kappa shape index (κ2) is 6.79. The van der Waals surface area contributed by atoms with E-state index in [0.717, 1.165) is 5.56 Å². The molecule has 122 valence electrons. The van der Waals surface area contributed by atoms with Crippen molar-refractivity contribution in [1.29, 1.82) is 0 Å². The minimum absolute atomic E-state index is 0.0367. The van der Waals surface area contributed by atoms with E-state index in [1.165, 1.54) is 0 Å². The number of nitrogens with one attached hydrogen (secondary N) is 1. The smallest absolute Gasteiger partial charge is 0.230 e. The first-order chi connectivity index (χ1) is 10.9. The summed E-state index contributed by atoms with van der Waals surface area (Å²) in [5.41, 5.74) is 12.0. The van der Waals surface area contributed by atoms with Crippen LogP contribution in [0.25, 0.3) is 5.57 Å². The van der Waals surface area contributed by atoms with Crippen molar-refractivity contribution in [3.8, 4) is 0 Å². The van der Waals surface area contributed by atoms with Crippen molar-refractivity contribution in [2.45, 2.75) is 19.9 Å². The van der Waals surface area contributed by atoms with Crippen molar-refractivity contribution in [2.75, 3.05) is 6.54 Å². The highest BCUT2D eigenvalue weighted by atomic mass is 16.2. The zero-order valence-electron chi connectivity index (χ0n) is 13.5. The van der Waals surface area contributed by atoms with Crippen LogP contribution in [0.4, 0.5) is 0 Å². The van der Waals surface area contributed by atoms with E-state index in [4.69, 9.17) is 11.5 Å². The molecule has 0 saturated heterocycles. The summed E-state index contributed by atoms with van der Waals surface area (Å²) in [4.78, 5) is 25.0. The third-order valence-electron chi connectivity index (χ3n) is 4.14. The minimum atomic E-state index is -1.25. The van der Waals surface area contributed by atoms with Crippen LogP contribution in [0.15, 0.2) is 48.6 Å². The molecule has 5 heteroatoms. The molecule has 1 aromatic carbocycles. The third kappa shape index (κ3) is 3.05. The second-order valence-electron chi connectivity index (χ2n) is 6.01. The molecule has 0 fully saturated rings. The maximum absolute atomic E-state index is 12.6. The Bertz CT molecular complexity index is 649. The molecule has 0 heterocycles. The van der Waals surface area contributed by atoms with Crippen molar-refractivity contribution in [2.24, 2.45) is 22.8 Å². The zero-order valence-corrected chi connectivity index (χ0v) is 13.5. The van der Waals surface area contributed by atoms with Gasteiger partial charge in [0.05, 0.1) is 5.92 Å². The number of hydrogen-bond donors (Lipinski definition) is 3. The first kappa shape index (κ1) is 17.0. The molecule has 0 bridgehead atoms. The molecule has 2 unspecified atom stereocenters. The van der Waals surface area contributed by atoms with Crippen molar-refractivity contribution in [3.63, 3.8) is 0 Å². The van der Waals surface area contributed by atoms with Crippen molar-refractivity contribution in [3.05, 3.63) is 54.1 Å². The molecule has 0 radical (unpaired) electrons. The van der Waals surface area contributed by atoms with Gasteiger partial charge in [-0.25, -0.2) is 0 Å². The number of nitrogens with two attached hydrogens (primary N) is 2. The van der Waals surface area contributed by atoms with E-state index in [0.29, 0.717) is 5.57 Å². The van der Waals surface area contributed by atoms with E-state index < -0.39 is 17.2 Å². The molecule has 1 aliphatic carbocycles. The SMILES string of the molecule is CC(C)NC(=O)C1C=CC=C(c2ccccc2)C1(CN)C(N)=O. The summed E-state index contributed by atoms with van der Waals surface area (Å²) in [5.74, 6) is -1.57. The van der Waals surface area contributed by atoms with Gasteiger partial charge in [0.25, 0.3) is 0 Å². The summed E-state index contributed by atoms with van der Waals surface area (Å²) in [6.45, 7) is 3.70. The number of hydrogen-bond acceptors (Lipinski definition) is 3. The molecule has 2 atom stereocenters. The average Bonchev–Trinajstić information content (AvgIpc) is 2.53. The van der Waals surface area contributed by atoms with Gasteiger partial charge in [0, 0.05) is 12.6 Å². The van der Waals surface area contributed by atoms with Gasteiger partial charge in [-0.05, 0) is 25.0 Å². The Morgan fingerprint density at radius 1 is 1.26 bits per heavy atom. The fraction of sp³-hybridized carbons (Fsp3) is 0.333. The van der Waals surface area contributed by atoms with Crippen LogP contribution in [0.2, 0.25) is 0 Å². The molecule has 5 nitrogen and oxygen atoms in total. The molecule has 2 rings (SSSR count). The van der Waals surface area contributed by atoms with E-state index in [1.54, 1.807) is 12.2 Å². The Kier molecular flexibility index (Phi) is 5.01. The number of rotatable bonds is 5. The Morgan fingerprint density at radius 3 is 2.43 bits per heavy atom. The lowest BCUT2D eigenvalue weighted by Gasteiger charge is -2.39. The van der Waals surface area contributed by atoms with Crippen LogP contribution >= 0.6 is 0 Å². The van der Waals surface area contributed by atoms with E-state index in [-0.39, 0.29) is 18.5 Å². The molecule has 1 aromatic rings. The number of carbonyl (C=O) groups excluding carboxylic acids is 2. The molecule has 23 heavy (non-hydrogen) atoms. The molecule has 1 aliphatic rings. The van der Waals surface area contributed by atoms with Gasteiger partial charge in [-0.2, -0.15) is 0 Å². The fourth-order valence-corrected chi connectivity index (χ4v) is 3.02. The number of amides is 2. The average molecular weight is 313 g/mol. The molecule has 0 spiro atoms. The van der Waals surface area contributed by atoms with E-state index in [1.807, 2.05) is 50.3 Å². The zero-order chi connectivity index (χ0) is 17.0. The first-order valence-electron chi connectivity index (χ1n) is 7.68. The van der Waals surface area contributed by atoms with Gasteiger partial charge in [0.1, 0.15) is 5.41 Å². The van der Waals surface area contributed by atoms with Gasteiger partial charge in [-0.15, -0.1) is 0 Å². The lowest BCUT2D eigenvalue weighted by atomic mass is 9.64. The van der Waals surface area contributed by atoms with E-state index >= 15 is 0 Å². The molecule has 5 N–H and O–H groups in total. The van der Waals surface area contributed by atoms with Crippen LogP contribution in [0.3, 0.4) is 0 Å². The lowest BCUT2D eigenvalue weighted by molar-refractivity contribution is -0.134. The summed E-state index contributed by atoms with van der Waals surface area (Å²) >= 11 is 0. The van der Waals surface area contributed by atoms with Crippen molar-refractivity contribution >= 4 is 17.4 Å². The highest BCUT2D eigenvalue weighted by molar-refractivity contribution is 6.03. The van der Waals surface area contributed by atoms with E-state index in [9.17, 15) is 9.59 Å². The summed E-state index contributed by atoms with van der Waals surface area (Å²) in [6, 6.07) is 9.37. The third-order valence-corrected chi connectivity index (χ3v) is 4.14. The van der Waals surface area contributed by atoms with Crippen LogP contribution in [-0.4, -0.2) is 24.4 Å². The number of benzene rings is 1. The predicted octanol–water partition coefficient (Wildman–Crippen LogP) is 1.21. The molecule has 2 amide bonds. The van der Waals surface area contributed by atoms with Crippen LogP contribution < -0.4 is 16.8 Å². The second-order valence-corrected chi connectivity index (χ2v) is 6.01. The van der Waals surface area contributed by atoms with Crippen molar-refractivity contribution in [1.82, 2.24) is 5.32 Å². The van der Waals surface area contributed by atoms with Crippen LogP contribution in [-0.2, 0) is 9.59 Å². The molecular formula is C18H23N3O2. The summed E-state index contributed by atoms with van der Waals surface area (Å²) in [6.07, 6.45) is 5.29. The molecule has 0 aromatic heterocycles. The summed E-state index contributed by atoms with van der Waals surface area (Å²) in [7, 11) is 0. The number of primary amides is 1. The van der Waals surface area contributed by atoms with Gasteiger partial charge in [0.15, 0.2) is 0 Å². The summed E-state index contributed by atoms with van der Waals surface area (Å²) < 4.78 is 0. The molecule has 0 aliphatic heterocycles. The lowest BCUT2D eigenvalue weighted by Crippen LogP contribution is -2.55. The Morgan fingerprint density at radius 2 is 1.91 bits per heavy atom. The predicted molar refractivity (Wildman–Crippen MR) is 91.0 cm³/mol. The quantitative estimate of drug-likeness (QED) is 0.762. The Hall–Kier alpha value is -2.40. The highest BCUT2D eigenvalue weighted by Gasteiger charge is 2.50. The summed E-state index contributed by atoms with van der Waals surface area (Å²) in [5, 5.41) is 2.85. The fourth-order valence-electron chi connectivity index (χ4n) is 3.02. The van der Waals surface area contributed by atoms with Gasteiger partial charge in [-0.3, -0.25) is 9.59 Å². The topological polar surface area (TPSA) is 98.2 Å². The Labute approximate surface area is 136 Å². The standard InChI is InChI=1S/C18H23N3O2/c1-12(2)21-16(22)15-10-6-9-14(13-7-4-3-5-8-13)18(15,11-19)17(20)23/h3-10,12,15H,11,19H2,1-2H3,(H2,20,23)(H,21,22). The van der Waals surface area contributed by atoms with Crippen LogP contribution in [0, 0.1) is 11.3 Å². The van der Waals surface area contributed by atoms with Gasteiger partial charge < -0.3 is 16.8 Å². The maximum Gasteiger partial charge on any atom is 0.230 e. The van der Waals surface area contributed by atoms with Gasteiger partial charge in [-0.1, -0.05) is 48.6 Å².